The molecular weight excluding hydrogens is 274 g/mol. The molecule has 0 aromatic heterocycles. The van der Waals surface area contributed by atoms with E-state index in [1.807, 2.05) is 18.2 Å². The predicted octanol–water partition coefficient (Wildman–Crippen LogP) is 4.68. The van der Waals surface area contributed by atoms with Crippen LogP contribution in [0.25, 0.3) is 0 Å². The summed E-state index contributed by atoms with van der Waals surface area (Å²) in [5.74, 6) is 0. The van der Waals surface area contributed by atoms with E-state index in [1.165, 1.54) is 17.7 Å². The predicted molar refractivity (Wildman–Crippen MR) is 81.2 cm³/mol. The summed E-state index contributed by atoms with van der Waals surface area (Å²) in [5, 5.41) is 10.5. The Labute approximate surface area is 123 Å². The van der Waals surface area contributed by atoms with E-state index < -0.39 is 4.92 Å². The van der Waals surface area contributed by atoms with Gasteiger partial charge in [0.2, 0.25) is 0 Å². The van der Waals surface area contributed by atoms with Gasteiger partial charge in [-0.1, -0.05) is 43.3 Å². The van der Waals surface area contributed by atoms with Crippen LogP contribution in [0.1, 0.15) is 29.0 Å². The Hall–Kier alpha value is -1.87. The van der Waals surface area contributed by atoms with Gasteiger partial charge in [0.25, 0.3) is 5.69 Å². The van der Waals surface area contributed by atoms with Crippen molar-refractivity contribution in [2.45, 2.75) is 25.1 Å². The van der Waals surface area contributed by atoms with E-state index in [-0.39, 0.29) is 11.1 Å². The minimum atomic E-state index is -0.395. The molecule has 0 saturated heterocycles. The van der Waals surface area contributed by atoms with Crippen LogP contribution in [0, 0.1) is 10.1 Å². The first-order valence-corrected chi connectivity index (χ1v) is 7.00. The summed E-state index contributed by atoms with van der Waals surface area (Å²) in [4.78, 5) is 10.2. The number of aryl methyl sites for hydroxylation is 1. The SMILES string of the molecule is CCc1ccccc1C(Cl)Cc1ccc([N+](=O)[O-])cc1. The number of halogens is 1. The lowest BCUT2D eigenvalue weighted by molar-refractivity contribution is -0.384. The monoisotopic (exact) mass is 289 g/mol. The van der Waals surface area contributed by atoms with Gasteiger partial charge in [-0.05, 0) is 29.5 Å². The van der Waals surface area contributed by atoms with E-state index in [0.717, 1.165) is 17.5 Å². The second kappa shape index (κ2) is 6.53. The number of hydrogen-bond acceptors (Lipinski definition) is 2. The van der Waals surface area contributed by atoms with Crippen molar-refractivity contribution in [2.24, 2.45) is 0 Å². The van der Waals surface area contributed by atoms with Gasteiger partial charge >= 0.3 is 0 Å². The summed E-state index contributed by atoms with van der Waals surface area (Å²) in [6, 6.07) is 14.7. The zero-order valence-electron chi connectivity index (χ0n) is 11.3. The quantitative estimate of drug-likeness (QED) is 0.456. The van der Waals surface area contributed by atoms with E-state index in [4.69, 9.17) is 11.6 Å². The maximum absolute atomic E-state index is 10.6. The third-order valence-corrected chi connectivity index (χ3v) is 3.72. The largest absolute Gasteiger partial charge is 0.269 e. The minimum Gasteiger partial charge on any atom is -0.258 e. The Bertz CT molecular complexity index is 596. The topological polar surface area (TPSA) is 43.1 Å². The van der Waals surface area contributed by atoms with Gasteiger partial charge in [-0.3, -0.25) is 10.1 Å². The number of nitro benzene ring substituents is 1. The molecule has 20 heavy (non-hydrogen) atoms. The van der Waals surface area contributed by atoms with Gasteiger partial charge in [-0.25, -0.2) is 0 Å². The lowest BCUT2D eigenvalue weighted by Gasteiger charge is -2.14. The molecular formula is C16H16ClNO2. The fourth-order valence-corrected chi connectivity index (χ4v) is 2.62. The summed E-state index contributed by atoms with van der Waals surface area (Å²) in [7, 11) is 0. The number of benzene rings is 2. The molecule has 0 N–H and O–H groups in total. The molecule has 0 aliphatic carbocycles. The molecule has 0 bridgehead atoms. The van der Waals surface area contributed by atoms with Crippen LogP contribution in [-0.2, 0) is 12.8 Å². The first-order valence-electron chi connectivity index (χ1n) is 6.57. The van der Waals surface area contributed by atoms with Gasteiger partial charge in [0.05, 0.1) is 10.3 Å². The van der Waals surface area contributed by atoms with Crippen LogP contribution in [0.5, 0.6) is 0 Å². The molecule has 1 unspecified atom stereocenters. The summed E-state index contributed by atoms with van der Waals surface area (Å²) < 4.78 is 0. The number of non-ortho nitro benzene ring substituents is 1. The average Bonchev–Trinajstić information content (AvgIpc) is 2.47. The lowest BCUT2D eigenvalue weighted by atomic mass is 9.98. The van der Waals surface area contributed by atoms with Crippen molar-refractivity contribution in [1.82, 2.24) is 0 Å². The van der Waals surface area contributed by atoms with Gasteiger partial charge < -0.3 is 0 Å². The van der Waals surface area contributed by atoms with Crippen molar-refractivity contribution in [1.29, 1.82) is 0 Å². The smallest absolute Gasteiger partial charge is 0.258 e. The standard InChI is InChI=1S/C16H16ClNO2/c1-2-13-5-3-4-6-15(13)16(17)11-12-7-9-14(10-8-12)18(19)20/h3-10,16H,2,11H2,1H3. The second-order valence-electron chi connectivity index (χ2n) is 4.65. The van der Waals surface area contributed by atoms with Gasteiger partial charge in [-0.2, -0.15) is 0 Å². The van der Waals surface area contributed by atoms with Crippen LogP contribution in [-0.4, -0.2) is 4.92 Å². The first kappa shape index (κ1) is 14.5. The van der Waals surface area contributed by atoms with Crippen molar-refractivity contribution < 1.29 is 4.92 Å². The van der Waals surface area contributed by atoms with E-state index in [2.05, 4.69) is 13.0 Å². The van der Waals surface area contributed by atoms with E-state index >= 15 is 0 Å². The van der Waals surface area contributed by atoms with Crippen LogP contribution in [0.15, 0.2) is 48.5 Å². The highest BCUT2D eigenvalue weighted by molar-refractivity contribution is 6.21. The zero-order chi connectivity index (χ0) is 14.5. The molecule has 0 aliphatic rings. The minimum absolute atomic E-state index is 0.105. The Kier molecular flexibility index (Phi) is 4.74. The summed E-state index contributed by atoms with van der Waals surface area (Å²) in [6.07, 6.45) is 1.61. The Morgan fingerprint density at radius 3 is 2.40 bits per heavy atom. The fourth-order valence-electron chi connectivity index (χ4n) is 2.23. The van der Waals surface area contributed by atoms with Crippen LogP contribution in [0.2, 0.25) is 0 Å². The zero-order valence-corrected chi connectivity index (χ0v) is 12.0. The molecule has 0 radical (unpaired) electrons. The molecule has 0 amide bonds. The van der Waals surface area contributed by atoms with Crippen molar-refractivity contribution in [3.05, 3.63) is 75.3 Å². The summed E-state index contributed by atoms with van der Waals surface area (Å²) >= 11 is 6.49. The Balaban J connectivity index is 2.14. The number of nitro groups is 1. The van der Waals surface area contributed by atoms with Gasteiger partial charge in [0.15, 0.2) is 0 Å². The fraction of sp³-hybridized carbons (Fsp3) is 0.250. The Morgan fingerprint density at radius 1 is 1.15 bits per heavy atom. The van der Waals surface area contributed by atoms with Crippen LogP contribution < -0.4 is 0 Å². The maximum Gasteiger partial charge on any atom is 0.269 e. The lowest BCUT2D eigenvalue weighted by Crippen LogP contribution is -2.00. The van der Waals surface area contributed by atoms with Crippen LogP contribution >= 0.6 is 11.6 Å². The third-order valence-electron chi connectivity index (χ3n) is 3.34. The first-order chi connectivity index (χ1) is 9.61. The van der Waals surface area contributed by atoms with E-state index in [1.54, 1.807) is 12.1 Å². The highest BCUT2D eigenvalue weighted by Gasteiger charge is 2.13. The molecule has 1 atom stereocenters. The number of rotatable bonds is 5. The highest BCUT2D eigenvalue weighted by atomic mass is 35.5. The highest BCUT2D eigenvalue weighted by Crippen LogP contribution is 2.28. The normalized spacial score (nSPS) is 12.1. The molecule has 2 rings (SSSR count). The van der Waals surface area contributed by atoms with Crippen molar-refractivity contribution in [2.75, 3.05) is 0 Å². The maximum atomic E-state index is 10.6. The average molecular weight is 290 g/mol. The molecule has 2 aromatic rings. The molecule has 3 nitrogen and oxygen atoms in total. The number of hydrogen-bond donors (Lipinski definition) is 0. The summed E-state index contributed by atoms with van der Waals surface area (Å²) in [5.41, 5.74) is 3.49. The molecule has 104 valence electrons. The van der Waals surface area contributed by atoms with Crippen LogP contribution in [0.4, 0.5) is 5.69 Å². The molecule has 0 aliphatic heterocycles. The molecule has 0 heterocycles. The molecule has 0 spiro atoms. The number of nitrogens with zero attached hydrogens (tertiary/aromatic N) is 1. The molecule has 4 heteroatoms. The van der Waals surface area contributed by atoms with Crippen LogP contribution in [0.3, 0.4) is 0 Å². The number of alkyl halides is 1. The van der Waals surface area contributed by atoms with Crippen molar-refractivity contribution in [3.63, 3.8) is 0 Å². The molecule has 0 fully saturated rings. The van der Waals surface area contributed by atoms with Crippen molar-refractivity contribution >= 4 is 17.3 Å². The van der Waals surface area contributed by atoms with Gasteiger partial charge in [0.1, 0.15) is 0 Å². The van der Waals surface area contributed by atoms with E-state index in [9.17, 15) is 10.1 Å². The van der Waals surface area contributed by atoms with Crippen molar-refractivity contribution in [3.8, 4) is 0 Å². The van der Waals surface area contributed by atoms with Gasteiger partial charge in [-0.15, -0.1) is 11.6 Å². The van der Waals surface area contributed by atoms with Gasteiger partial charge in [0, 0.05) is 12.1 Å². The second-order valence-corrected chi connectivity index (χ2v) is 5.17. The molecule has 0 saturated carbocycles. The van der Waals surface area contributed by atoms with E-state index in [0.29, 0.717) is 6.42 Å². The third kappa shape index (κ3) is 3.36. The Morgan fingerprint density at radius 2 is 1.80 bits per heavy atom. The summed E-state index contributed by atoms with van der Waals surface area (Å²) in [6.45, 7) is 2.11. The molecule has 2 aromatic carbocycles.